The molecule has 0 N–H and O–H groups in total. The number of carbonyl (C=O) groups is 1. The van der Waals surface area contributed by atoms with E-state index in [-0.39, 0.29) is 17.3 Å². The Kier molecular flexibility index (Phi) is 6.83. The first-order valence-corrected chi connectivity index (χ1v) is 12.6. The molecule has 0 saturated carbocycles. The molecular weight excluding hydrogens is 426 g/mol. The zero-order chi connectivity index (χ0) is 22.7. The minimum Gasteiger partial charge on any atom is -0.497 e. The largest absolute Gasteiger partial charge is 0.497 e. The molecule has 4 rings (SSSR count). The number of hydrogen-bond acceptors (Lipinski definition) is 5. The van der Waals surface area contributed by atoms with Gasteiger partial charge in [0.05, 0.1) is 18.6 Å². The molecule has 0 radical (unpaired) electrons. The van der Waals surface area contributed by atoms with Crippen LogP contribution in [-0.4, -0.2) is 68.3 Å². The Balaban J connectivity index is 1.66. The van der Waals surface area contributed by atoms with Crippen LogP contribution < -0.4 is 4.74 Å². The molecule has 0 aliphatic carbocycles. The van der Waals surface area contributed by atoms with Crippen LogP contribution in [0.25, 0.3) is 0 Å². The highest BCUT2D eigenvalue weighted by Crippen LogP contribution is 2.36. The standard InChI is InChI=1S/C24H31N3O4S/c1-19-6-12-22(13-7-19)32(29,30)27-17-16-26(23(28)18-25-14-4-3-5-15-25)24(27)20-8-10-21(31-2)11-9-20/h6-13,24H,3-5,14-18H2,1-2H3/t24-/m1/s1. The second-order valence-electron chi connectivity index (χ2n) is 8.50. The number of piperidine rings is 1. The van der Waals surface area contributed by atoms with Crippen molar-refractivity contribution < 1.29 is 17.9 Å². The molecule has 2 aliphatic heterocycles. The number of amides is 1. The summed E-state index contributed by atoms with van der Waals surface area (Å²) in [5.74, 6) is 0.653. The van der Waals surface area contributed by atoms with Gasteiger partial charge in [-0.25, -0.2) is 8.42 Å². The van der Waals surface area contributed by atoms with Crippen molar-refractivity contribution in [2.75, 3.05) is 39.8 Å². The third-order valence-corrected chi connectivity index (χ3v) is 8.17. The van der Waals surface area contributed by atoms with Crippen LogP contribution in [0, 0.1) is 6.92 Å². The molecule has 0 bridgehead atoms. The van der Waals surface area contributed by atoms with Crippen LogP contribution in [0.3, 0.4) is 0 Å². The highest BCUT2D eigenvalue weighted by Gasteiger charge is 2.43. The molecule has 2 heterocycles. The zero-order valence-electron chi connectivity index (χ0n) is 18.7. The smallest absolute Gasteiger partial charge is 0.245 e. The Morgan fingerprint density at radius 3 is 2.22 bits per heavy atom. The first-order valence-electron chi connectivity index (χ1n) is 11.1. The van der Waals surface area contributed by atoms with Crippen LogP contribution in [0.1, 0.15) is 36.6 Å². The highest BCUT2D eigenvalue weighted by atomic mass is 32.2. The molecule has 0 unspecified atom stereocenters. The number of carbonyl (C=O) groups excluding carboxylic acids is 1. The first-order chi connectivity index (χ1) is 15.4. The summed E-state index contributed by atoms with van der Waals surface area (Å²) in [6.45, 7) is 4.71. The number of nitrogens with zero attached hydrogens (tertiary/aromatic N) is 3. The molecule has 7 nitrogen and oxygen atoms in total. The Morgan fingerprint density at radius 1 is 0.938 bits per heavy atom. The van der Waals surface area contributed by atoms with E-state index in [4.69, 9.17) is 4.74 Å². The van der Waals surface area contributed by atoms with Crippen LogP contribution in [0.5, 0.6) is 5.75 Å². The zero-order valence-corrected chi connectivity index (χ0v) is 19.6. The van der Waals surface area contributed by atoms with Crippen molar-refractivity contribution in [3.05, 3.63) is 59.7 Å². The summed E-state index contributed by atoms with van der Waals surface area (Å²) in [4.78, 5) is 17.4. The van der Waals surface area contributed by atoms with Crippen LogP contribution in [0.2, 0.25) is 0 Å². The minimum absolute atomic E-state index is 0.0330. The number of benzene rings is 2. The van der Waals surface area contributed by atoms with E-state index in [1.54, 1.807) is 48.4 Å². The molecule has 2 aliphatic rings. The third kappa shape index (κ3) is 4.67. The molecule has 2 fully saturated rings. The van der Waals surface area contributed by atoms with Crippen molar-refractivity contribution in [2.24, 2.45) is 0 Å². The van der Waals surface area contributed by atoms with Crippen LogP contribution in [0.4, 0.5) is 0 Å². The lowest BCUT2D eigenvalue weighted by molar-refractivity contribution is -0.134. The molecule has 2 aromatic rings. The van der Waals surface area contributed by atoms with Gasteiger partial charge in [0.25, 0.3) is 0 Å². The average Bonchev–Trinajstić information content (AvgIpc) is 3.26. The number of rotatable bonds is 6. The van der Waals surface area contributed by atoms with Gasteiger partial charge < -0.3 is 9.64 Å². The van der Waals surface area contributed by atoms with Gasteiger partial charge in [-0.2, -0.15) is 4.31 Å². The van der Waals surface area contributed by atoms with Gasteiger partial charge in [-0.15, -0.1) is 0 Å². The maximum atomic E-state index is 13.6. The Hall–Kier alpha value is -2.42. The molecule has 2 aromatic carbocycles. The maximum Gasteiger partial charge on any atom is 0.245 e. The Morgan fingerprint density at radius 2 is 1.59 bits per heavy atom. The lowest BCUT2D eigenvalue weighted by atomic mass is 10.1. The number of sulfonamides is 1. The minimum atomic E-state index is -3.77. The monoisotopic (exact) mass is 457 g/mol. The van der Waals surface area contributed by atoms with Crippen molar-refractivity contribution in [1.29, 1.82) is 0 Å². The molecule has 8 heteroatoms. The number of likely N-dealkylation sites (tertiary alicyclic amines) is 1. The SMILES string of the molecule is COc1ccc([C@@H]2N(C(=O)CN3CCCCC3)CCN2S(=O)(=O)c2ccc(C)cc2)cc1. The summed E-state index contributed by atoms with van der Waals surface area (Å²) < 4.78 is 33.8. The lowest BCUT2D eigenvalue weighted by Crippen LogP contribution is -2.44. The molecule has 1 amide bonds. The van der Waals surface area contributed by atoms with Gasteiger partial charge in [-0.05, 0) is 62.7 Å². The summed E-state index contributed by atoms with van der Waals surface area (Å²) >= 11 is 0. The van der Waals surface area contributed by atoms with Crippen molar-refractivity contribution in [1.82, 2.24) is 14.1 Å². The topological polar surface area (TPSA) is 70.2 Å². The summed E-state index contributed by atoms with van der Waals surface area (Å²) in [7, 11) is -2.18. The predicted molar refractivity (Wildman–Crippen MR) is 123 cm³/mol. The third-order valence-electron chi connectivity index (χ3n) is 6.30. The van der Waals surface area contributed by atoms with Crippen LogP contribution >= 0.6 is 0 Å². The van der Waals surface area contributed by atoms with E-state index in [2.05, 4.69) is 4.90 Å². The summed E-state index contributed by atoms with van der Waals surface area (Å²) in [6, 6.07) is 14.1. The fourth-order valence-corrected chi connectivity index (χ4v) is 6.06. The van der Waals surface area contributed by atoms with Gasteiger partial charge in [0.2, 0.25) is 15.9 Å². The summed E-state index contributed by atoms with van der Waals surface area (Å²) in [6.07, 6.45) is 2.72. The average molecular weight is 458 g/mol. The number of methoxy groups -OCH3 is 1. The predicted octanol–water partition coefficient (Wildman–Crippen LogP) is 3.02. The van der Waals surface area contributed by atoms with Crippen molar-refractivity contribution in [3.8, 4) is 5.75 Å². The molecule has 2 saturated heterocycles. The number of ether oxygens (including phenoxy) is 1. The van der Waals surface area contributed by atoms with Crippen molar-refractivity contribution in [2.45, 2.75) is 37.2 Å². The fourth-order valence-electron chi connectivity index (χ4n) is 4.49. The lowest BCUT2D eigenvalue weighted by Gasteiger charge is -2.33. The normalized spacial score (nSPS) is 20.4. The fraction of sp³-hybridized carbons (Fsp3) is 0.458. The van der Waals surface area contributed by atoms with Gasteiger partial charge in [0, 0.05) is 13.1 Å². The van der Waals surface area contributed by atoms with Gasteiger partial charge in [0.1, 0.15) is 11.9 Å². The van der Waals surface area contributed by atoms with Gasteiger partial charge in [-0.1, -0.05) is 36.2 Å². The van der Waals surface area contributed by atoms with Crippen molar-refractivity contribution >= 4 is 15.9 Å². The van der Waals surface area contributed by atoms with E-state index in [9.17, 15) is 13.2 Å². The Bertz CT molecular complexity index is 1030. The number of aryl methyl sites for hydroxylation is 1. The maximum absolute atomic E-state index is 13.6. The van der Waals surface area contributed by atoms with Crippen molar-refractivity contribution in [3.63, 3.8) is 0 Å². The second kappa shape index (κ2) is 9.60. The van der Waals surface area contributed by atoms with E-state index in [1.165, 1.54) is 10.7 Å². The molecule has 0 aromatic heterocycles. The van der Waals surface area contributed by atoms with Gasteiger partial charge in [-0.3, -0.25) is 9.69 Å². The summed E-state index contributed by atoms with van der Waals surface area (Å²) in [5.41, 5.74) is 1.75. The van der Waals surface area contributed by atoms with E-state index in [0.29, 0.717) is 18.8 Å². The van der Waals surface area contributed by atoms with Gasteiger partial charge >= 0.3 is 0 Å². The molecule has 0 spiro atoms. The number of hydrogen-bond donors (Lipinski definition) is 0. The quantitative estimate of drug-likeness (QED) is 0.667. The summed E-state index contributed by atoms with van der Waals surface area (Å²) in [5, 5.41) is 0. The molecular formula is C24H31N3O4S. The van der Waals surface area contributed by atoms with Gasteiger partial charge in [0.15, 0.2) is 0 Å². The van der Waals surface area contributed by atoms with Crippen LogP contribution in [0.15, 0.2) is 53.4 Å². The first kappa shape index (κ1) is 22.8. The molecule has 32 heavy (non-hydrogen) atoms. The molecule has 1 atom stereocenters. The van der Waals surface area contributed by atoms with E-state index in [1.807, 2.05) is 19.1 Å². The highest BCUT2D eigenvalue weighted by molar-refractivity contribution is 7.89. The van der Waals surface area contributed by atoms with E-state index < -0.39 is 16.2 Å². The second-order valence-corrected chi connectivity index (χ2v) is 10.4. The van der Waals surface area contributed by atoms with E-state index in [0.717, 1.165) is 37.1 Å². The Labute approximate surface area is 190 Å². The van der Waals surface area contributed by atoms with Crippen LogP contribution in [-0.2, 0) is 14.8 Å². The van der Waals surface area contributed by atoms with E-state index >= 15 is 0 Å². The molecule has 172 valence electrons.